The molecule has 1 aliphatic heterocycles. The van der Waals surface area contributed by atoms with Gasteiger partial charge in [0, 0.05) is 11.9 Å². The first-order chi connectivity index (χ1) is 15.0. The second-order valence-electron chi connectivity index (χ2n) is 7.29. The number of benzene rings is 2. The lowest BCUT2D eigenvalue weighted by Crippen LogP contribution is -2.30. The number of carbonyl (C=O) groups is 1. The van der Waals surface area contributed by atoms with E-state index in [1.807, 2.05) is 74.5 Å². The number of pyridine rings is 1. The molecule has 0 spiro atoms. The van der Waals surface area contributed by atoms with E-state index in [0.29, 0.717) is 16.6 Å². The van der Waals surface area contributed by atoms with Gasteiger partial charge in [0.2, 0.25) is 0 Å². The molecular formula is C25H23N3O2S. The van der Waals surface area contributed by atoms with Crippen LogP contribution in [0.15, 0.2) is 77.5 Å². The summed E-state index contributed by atoms with van der Waals surface area (Å²) in [5.41, 5.74) is 5.27. The lowest BCUT2D eigenvalue weighted by molar-refractivity contribution is -0.113. The molecule has 0 fully saturated rings. The summed E-state index contributed by atoms with van der Waals surface area (Å²) in [5, 5.41) is 0.653. The van der Waals surface area contributed by atoms with Gasteiger partial charge in [0.1, 0.15) is 11.4 Å². The number of aryl methyl sites for hydroxylation is 2. The van der Waals surface area contributed by atoms with Crippen molar-refractivity contribution in [1.29, 1.82) is 0 Å². The highest BCUT2D eigenvalue weighted by Crippen LogP contribution is 2.32. The average molecular weight is 430 g/mol. The van der Waals surface area contributed by atoms with E-state index < -0.39 is 0 Å². The van der Waals surface area contributed by atoms with E-state index in [0.717, 1.165) is 33.8 Å². The summed E-state index contributed by atoms with van der Waals surface area (Å²) in [4.78, 5) is 24.1. The Morgan fingerprint density at radius 2 is 1.77 bits per heavy atom. The maximum Gasteiger partial charge on any atom is 0.283 e. The Morgan fingerprint density at radius 1 is 1.03 bits per heavy atom. The summed E-state index contributed by atoms with van der Waals surface area (Å²) < 4.78 is 5.22. The molecular weight excluding hydrogens is 406 g/mol. The minimum atomic E-state index is -0.135. The zero-order chi connectivity index (χ0) is 21.8. The van der Waals surface area contributed by atoms with Gasteiger partial charge in [-0.05, 0) is 73.0 Å². The third-order valence-electron chi connectivity index (χ3n) is 4.79. The molecule has 5 nitrogen and oxygen atoms in total. The Kier molecular flexibility index (Phi) is 6.18. The third kappa shape index (κ3) is 4.86. The van der Waals surface area contributed by atoms with Crippen LogP contribution in [0.25, 0.3) is 6.08 Å². The molecule has 31 heavy (non-hydrogen) atoms. The molecule has 0 bridgehead atoms. The van der Waals surface area contributed by atoms with Gasteiger partial charge in [0.05, 0.1) is 18.5 Å². The molecule has 156 valence electrons. The molecule has 2 aromatic carbocycles. The maximum absolute atomic E-state index is 13.4. The van der Waals surface area contributed by atoms with Crippen LogP contribution in [-0.2, 0) is 10.5 Å². The number of aliphatic imine (C=N–C) groups is 1. The predicted molar refractivity (Wildman–Crippen MR) is 127 cm³/mol. The largest absolute Gasteiger partial charge is 0.497 e. The summed E-state index contributed by atoms with van der Waals surface area (Å²) in [6.07, 6.45) is 3.58. The number of hydrogen-bond donors (Lipinski definition) is 0. The van der Waals surface area contributed by atoms with Crippen molar-refractivity contribution in [2.45, 2.75) is 19.6 Å². The normalized spacial score (nSPS) is 14.8. The number of carbonyl (C=O) groups excluding carboxylic acids is 1. The SMILES string of the molecule is COc1ccc(/C=C2\N=C(SCc3ccccn3)N(c3cc(C)cc(C)c3)C2=O)cc1. The van der Waals surface area contributed by atoms with Crippen LogP contribution in [0.2, 0.25) is 0 Å². The Labute approximate surface area is 186 Å². The van der Waals surface area contributed by atoms with Gasteiger partial charge in [-0.25, -0.2) is 4.99 Å². The lowest BCUT2D eigenvalue weighted by atomic mass is 10.1. The summed E-state index contributed by atoms with van der Waals surface area (Å²) in [5.74, 6) is 1.26. The number of amidine groups is 1. The molecule has 0 atom stereocenters. The van der Waals surface area contributed by atoms with Crippen molar-refractivity contribution in [3.8, 4) is 5.75 Å². The van der Waals surface area contributed by atoms with Gasteiger partial charge in [-0.2, -0.15) is 0 Å². The van der Waals surface area contributed by atoms with E-state index >= 15 is 0 Å². The molecule has 0 saturated heterocycles. The van der Waals surface area contributed by atoms with E-state index in [9.17, 15) is 4.79 Å². The number of rotatable bonds is 5. The van der Waals surface area contributed by atoms with Crippen molar-refractivity contribution in [3.05, 3.63) is 94.9 Å². The Hall–Kier alpha value is -3.38. The van der Waals surface area contributed by atoms with Gasteiger partial charge in [0.25, 0.3) is 5.91 Å². The minimum absolute atomic E-state index is 0.135. The number of hydrogen-bond acceptors (Lipinski definition) is 5. The number of ether oxygens (including phenoxy) is 1. The molecule has 6 heteroatoms. The van der Waals surface area contributed by atoms with Gasteiger partial charge in [-0.1, -0.05) is 36.0 Å². The molecule has 4 rings (SSSR count). The smallest absolute Gasteiger partial charge is 0.283 e. The number of methoxy groups -OCH3 is 1. The van der Waals surface area contributed by atoms with Gasteiger partial charge in [-0.3, -0.25) is 14.7 Å². The standard InChI is InChI=1S/C25H23N3O2S/c1-17-12-18(2)14-21(13-17)28-24(29)23(15-19-7-9-22(30-3)10-8-19)27-25(28)31-16-20-6-4-5-11-26-20/h4-15H,16H2,1-3H3/b23-15-. The molecule has 0 N–H and O–H groups in total. The zero-order valence-corrected chi connectivity index (χ0v) is 18.5. The Balaban J connectivity index is 1.68. The third-order valence-corrected chi connectivity index (χ3v) is 5.76. The van der Waals surface area contributed by atoms with Crippen molar-refractivity contribution in [1.82, 2.24) is 4.98 Å². The molecule has 1 aliphatic rings. The predicted octanol–water partition coefficient (Wildman–Crippen LogP) is 5.38. The van der Waals surface area contributed by atoms with Crippen LogP contribution in [0.1, 0.15) is 22.4 Å². The van der Waals surface area contributed by atoms with Crippen molar-refractivity contribution in [2.75, 3.05) is 12.0 Å². The Morgan fingerprint density at radius 3 is 2.42 bits per heavy atom. The van der Waals surface area contributed by atoms with Gasteiger partial charge in [-0.15, -0.1) is 0 Å². The van der Waals surface area contributed by atoms with E-state index in [1.54, 1.807) is 18.2 Å². The minimum Gasteiger partial charge on any atom is -0.497 e. The molecule has 0 saturated carbocycles. The first-order valence-corrected chi connectivity index (χ1v) is 10.9. The highest BCUT2D eigenvalue weighted by atomic mass is 32.2. The number of thioether (sulfide) groups is 1. The first-order valence-electron chi connectivity index (χ1n) is 9.93. The highest BCUT2D eigenvalue weighted by Gasteiger charge is 2.32. The van der Waals surface area contributed by atoms with Crippen LogP contribution < -0.4 is 9.64 Å². The fourth-order valence-electron chi connectivity index (χ4n) is 3.38. The van der Waals surface area contributed by atoms with Crippen molar-refractivity contribution < 1.29 is 9.53 Å². The summed E-state index contributed by atoms with van der Waals surface area (Å²) >= 11 is 1.51. The lowest BCUT2D eigenvalue weighted by Gasteiger charge is -2.19. The van der Waals surface area contributed by atoms with E-state index in [-0.39, 0.29) is 5.91 Å². The second kappa shape index (κ2) is 9.18. The molecule has 1 aromatic heterocycles. The van der Waals surface area contributed by atoms with Crippen LogP contribution >= 0.6 is 11.8 Å². The van der Waals surface area contributed by atoms with Crippen molar-refractivity contribution in [2.24, 2.45) is 4.99 Å². The van der Waals surface area contributed by atoms with Crippen LogP contribution in [-0.4, -0.2) is 23.2 Å². The molecule has 2 heterocycles. The number of aromatic nitrogens is 1. The van der Waals surface area contributed by atoms with Crippen LogP contribution in [0.5, 0.6) is 5.75 Å². The summed E-state index contributed by atoms with van der Waals surface area (Å²) in [7, 11) is 1.63. The number of nitrogens with zero attached hydrogens (tertiary/aromatic N) is 3. The molecule has 3 aromatic rings. The van der Waals surface area contributed by atoms with Crippen LogP contribution in [0.3, 0.4) is 0 Å². The van der Waals surface area contributed by atoms with Gasteiger partial charge >= 0.3 is 0 Å². The van der Waals surface area contributed by atoms with E-state index in [1.165, 1.54) is 11.8 Å². The first kappa shape index (κ1) is 20.9. The second-order valence-corrected chi connectivity index (χ2v) is 8.24. The molecule has 0 aliphatic carbocycles. The molecule has 1 amide bonds. The van der Waals surface area contributed by atoms with Gasteiger partial charge in [0.15, 0.2) is 5.17 Å². The fourth-order valence-corrected chi connectivity index (χ4v) is 4.31. The fraction of sp³-hybridized carbons (Fsp3) is 0.160. The average Bonchev–Trinajstić information content (AvgIpc) is 3.08. The van der Waals surface area contributed by atoms with E-state index in [2.05, 4.69) is 11.1 Å². The van der Waals surface area contributed by atoms with Crippen LogP contribution in [0, 0.1) is 13.8 Å². The number of amides is 1. The quantitative estimate of drug-likeness (QED) is 0.511. The van der Waals surface area contributed by atoms with Gasteiger partial charge < -0.3 is 4.74 Å². The maximum atomic E-state index is 13.4. The molecule has 0 radical (unpaired) electrons. The summed E-state index contributed by atoms with van der Waals surface area (Å²) in [6.45, 7) is 4.06. The van der Waals surface area contributed by atoms with Crippen molar-refractivity contribution in [3.63, 3.8) is 0 Å². The Bertz CT molecular complexity index is 1130. The molecule has 0 unspecified atom stereocenters. The topological polar surface area (TPSA) is 54.8 Å². The monoisotopic (exact) mass is 429 g/mol. The van der Waals surface area contributed by atoms with Crippen molar-refractivity contribution >= 4 is 34.6 Å². The summed E-state index contributed by atoms with van der Waals surface area (Å²) in [6, 6.07) is 19.5. The number of anilines is 1. The van der Waals surface area contributed by atoms with E-state index in [4.69, 9.17) is 9.73 Å². The zero-order valence-electron chi connectivity index (χ0n) is 17.7. The van der Waals surface area contributed by atoms with Crippen LogP contribution in [0.4, 0.5) is 5.69 Å². The highest BCUT2D eigenvalue weighted by molar-refractivity contribution is 8.13.